The van der Waals surface area contributed by atoms with Crippen LogP contribution in [0.1, 0.15) is 12.8 Å². The summed E-state index contributed by atoms with van der Waals surface area (Å²) in [5.41, 5.74) is 1.86. The van der Waals surface area contributed by atoms with Crippen LogP contribution in [0.25, 0.3) is 11.0 Å². The van der Waals surface area contributed by atoms with E-state index in [1.807, 2.05) is 30.5 Å². The Bertz CT molecular complexity index is 857. The van der Waals surface area contributed by atoms with Gasteiger partial charge in [-0.3, -0.25) is 4.98 Å². The lowest BCUT2D eigenvalue weighted by Gasteiger charge is -2.33. The van der Waals surface area contributed by atoms with E-state index in [-0.39, 0.29) is 0 Å². The molecule has 7 heteroatoms. The molecule has 1 aromatic carbocycles. The average Bonchev–Trinajstić information content (AvgIpc) is 2.67. The number of anilines is 1. The molecule has 1 unspecified atom stereocenters. The van der Waals surface area contributed by atoms with Crippen LogP contribution in [0, 0.1) is 5.92 Å². The minimum absolute atomic E-state index is 0.422. The molecule has 128 valence electrons. The van der Waals surface area contributed by atoms with Gasteiger partial charge in [0.2, 0.25) is 0 Å². The maximum atomic E-state index is 5.75. The van der Waals surface area contributed by atoms with Crippen LogP contribution in [0.15, 0.2) is 47.3 Å². The number of ether oxygens (including phenoxy) is 1. The summed E-state index contributed by atoms with van der Waals surface area (Å²) >= 11 is 3.32. The molecule has 0 amide bonds. The highest BCUT2D eigenvalue weighted by atomic mass is 79.9. The van der Waals surface area contributed by atoms with Crippen LogP contribution < -0.4 is 9.64 Å². The first-order valence-corrected chi connectivity index (χ1v) is 9.14. The average molecular weight is 400 g/mol. The highest BCUT2D eigenvalue weighted by molar-refractivity contribution is 9.10. The first-order chi connectivity index (χ1) is 12.3. The maximum absolute atomic E-state index is 5.75. The fourth-order valence-corrected chi connectivity index (χ4v) is 3.28. The zero-order valence-corrected chi connectivity index (χ0v) is 15.3. The summed E-state index contributed by atoms with van der Waals surface area (Å²) in [6.45, 7) is 2.51. The molecule has 0 aliphatic carbocycles. The van der Waals surface area contributed by atoms with Crippen molar-refractivity contribution < 1.29 is 4.74 Å². The number of benzene rings is 1. The van der Waals surface area contributed by atoms with Gasteiger partial charge < -0.3 is 9.64 Å². The van der Waals surface area contributed by atoms with Crippen molar-refractivity contribution in [1.29, 1.82) is 0 Å². The molecule has 4 rings (SSSR count). The monoisotopic (exact) mass is 399 g/mol. The van der Waals surface area contributed by atoms with E-state index in [0.29, 0.717) is 18.5 Å². The van der Waals surface area contributed by atoms with Gasteiger partial charge in [-0.05, 0) is 40.9 Å². The number of piperidine rings is 1. The van der Waals surface area contributed by atoms with Crippen LogP contribution in [0.5, 0.6) is 6.01 Å². The van der Waals surface area contributed by atoms with Crippen molar-refractivity contribution in [2.45, 2.75) is 12.8 Å². The van der Waals surface area contributed by atoms with Crippen LogP contribution >= 0.6 is 15.9 Å². The van der Waals surface area contributed by atoms with Crippen molar-refractivity contribution in [3.05, 3.63) is 47.3 Å². The predicted octanol–water partition coefficient (Wildman–Crippen LogP) is 3.48. The zero-order chi connectivity index (χ0) is 17.1. The Kier molecular flexibility index (Phi) is 4.74. The Morgan fingerprint density at radius 1 is 1.08 bits per heavy atom. The Balaban J connectivity index is 1.42. The van der Waals surface area contributed by atoms with Gasteiger partial charge in [0.1, 0.15) is 5.82 Å². The standard InChI is InChI=1S/C18H18BrN5O/c19-14-8-21-18(22-9-14)25-12-13-4-3-7-24(11-13)17-10-20-15-5-1-2-6-16(15)23-17/h1-2,5-6,8-10,13H,3-4,7,11-12H2. The van der Waals surface area contributed by atoms with Gasteiger partial charge in [0.05, 0.1) is 28.3 Å². The SMILES string of the molecule is Brc1cnc(OCC2CCCN(c3cnc4ccccc4n3)C2)nc1. The molecule has 1 aliphatic rings. The third-order valence-electron chi connectivity index (χ3n) is 4.32. The topological polar surface area (TPSA) is 64.0 Å². The Morgan fingerprint density at radius 3 is 2.72 bits per heavy atom. The van der Waals surface area contributed by atoms with Crippen molar-refractivity contribution >= 4 is 32.8 Å². The molecule has 1 atom stereocenters. The van der Waals surface area contributed by atoms with E-state index in [1.54, 1.807) is 12.4 Å². The Hall–Kier alpha value is -2.28. The molecule has 1 saturated heterocycles. The summed E-state index contributed by atoms with van der Waals surface area (Å²) in [5.74, 6) is 1.36. The quantitative estimate of drug-likeness (QED) is 0.668. The summed E-state index contributed by atoms with van der Waals surface area (Å²) in [4.78, 5) is 19.9. The van der Waals surface area contributed by atoms with E-state index in [1.165, 1.54) is 0 Å². The Morgan fingerprint density at radius 2 is 1.88 bits per heavy atom. The van der Waals surface area contributed by atoms with Gasteiger partial charge in [0, 0.05) is 31.4 Å². The van der Waals surface area contributed by atoms with Gasteiger partial charge in [0.15, 0.2) is 0 Å². The molecule has 1 fully saturated rings. The van der Waals surface area contributed by atoms with Crippen LogP contribution in [-0.2, 0) is 0 Å². The fourth-order valence-electron chi connectivity index (χ4n) is 3.08. The second-order valence-corrected chi connectivity index (χ2v) is 7.08. The lowest BCUT2D eigenvalue weighted by molar-refractivity contribution is 0.213. The minimum atomic E-state index is 0.422. The summed E-state index contributed by atoms with van der Waals surface area (Å²) in [6, 6.07) is 8.38. The fraction of sp³-hybridized carbons (Fsp3) is 0.333. The molecule has 1 aliphatic heterocycles. The van der Waals surface area contributed by atoms with Crippen molar-refractivity contribution in [2.75, 3.05) is 24.6 Å². The van der Waals surface area contributed by atoms with Crippen LogP contribution in [0.2, 0.25) is 0 Å². The minimum Gasteiger partial charge on any atom is -0.463 e. The van der Waals surface area contributed by atoms with Crippen molar-refractivity contribution in [1.82, 2.24) is 19.9 Å². The summed E-state index contributed by atoms with van der Waals surface area (Å²) in [5, 5.41) is 0. The lowest BCUT2D eigenvalue weighted by Crippen LogP contribution is -2.38. The molecule has 3 aromatic rings. The molecule has 0 N–H and O–H groups in total. The molecule has 25 heavy (non-hydrogen) atoms. The second-order valence-electron chi connectivity index (χ2n) is 6.17. The third-order valence-corrected chi connectivity index (χ3v) is 4.73. The Labute approximate surface area is 154 Å². The molecule has 0 radical (unpaired) electrons. The highest BCUT2D eigenvalue weighted by Gasteiger charge is 2.22. The van der Waals surface area contributed by atoms with Crippen molar-refractivity contribution in [3.63, 3.8) is 0 Å². The predicted molar refractivity (Wildman–Crippen MR) is 99.7 cm³/mol. The maximum Gasteiger partial charge on any atom is 0.316 e. The number of hydrogen-bond acceptors (Lipinski definition) is 6. The number of fused-ring (bicyclic) bond motifs is 1. The summed E-state index contributed by atoms with van der Waals surface area (Å²) < 4.78 is 6.60. The van der Waals surface area contributed by atoms with E-state index < -0.39 is 0 Å². The summed E-state index contributed by atoms with van der Waals surface area (Å²) in [6.07, 6.45) is 7.50. The molecular formula is C18H18BrN5O. The van der Waals surface area contributed by atoms with Crippen molar-refractivity contribution in [3.8, 4) is 6.01 Å². The molecule has 0 bridgehead atoms. The zero-order valence-electron chi connectivity index (χ0n) is 13.7. The van der Waals surface area contributed by atoms with Gasteiger partial charge in [-0.2, -0.15) is 0 Å². The lowest BCUT2D eigenvalue weighted by atomic mass is 9.99. The molecule has 3 heterocycles. The molecule has 2 aromatic heterocycles. The van der Waals surface area contributed by atoms with E-state index in [9.17, 15) is 0 Å². The van der Waals surface area contributed by atoms with Gasteiger partial charge in [-0.25, -0.2) is 15.0 Å². The molecule has 0 saturated carbocycles. The number of nitrogens with zero attached hydrogens (tertiary/aromatic N) is 5. The largest absolute Gasteiger partial charge is 0.463 e. The van der Waals surface area contributed by atoms with Gasteiger partial charge in [-0.15, -0.1) is 0 Å². The van der Waals surface area contributed by atoms with Crippen molar-refractivity contribution in [2.24, 2.45) is 5.92 Å². The normalized spacial score (nSPS) is 17.6. The van der Waals surface area contributed by atoms with Crippen LogP contribution in [0.4, 0.5) is 5.82 Å². The first-order valence-electron chi connectivity index (χ1n) is 8.35. The number of aromatic nitrogens is 4. The number of hydrogen-bond donors (Lipinski definition) is 0. The number of halogens is 1. The summed E-state index contributed by atoms with van der Waals surface area (Å²) in [7, 11) is 0. The van der Waals surface area contributed by atoms with E-state index >= 15 is 0 Å². The molecule has 6 nitrogen and oxygen atoms in total. The van der Waals surface area contributed by atoms with E-state index in [4.69, 9.17) is 9.72 Å². The molecular weight excluding hydrogens is 382 g/mol. The highest BCUT2D eigenvalue weighted by Crippen LogP contribution is 2.23. The number of rotatable bonds is 4. The second kappa shape index (κ2) is 7.31. The smallest absolute Gasteiger partial charge is 0.316 e. The van der Waals surface area contributed by atoms with Gasteiger partial charge in [0.25, 0.3) is 0 Å². The van der Waals surface area contributed by atoms with Crippen LogP contribution in [-0.4, -0.2) is 39.6 Å². The van der Waals surface area contributed by atoms with E-state index in [0.717, 1.165) is 47.3 Å². The number of para-hydroxylation sites is 2. The third kappa shape index (κ3) is 3.87. The van der Waals surface area contributed by atoms with Crippen LogP contribution in [0.3, 0.4) is 0 Å². The van der Waals surface area contributed by atoms with Gasteiger partial charge >= 0.3 is 6.01 Å². The van der Waals surface area contributed by atoms with Gasteiger partial charge in [-0.1, -0.05) is 12.1 Å². The molecule has 0 spiro atoms. The van der Waals surface area contributed by atoms with E-state index in [2.05, 4.69) is 35.8 Å². The first kappa shape index (κ1) is 16.2.